The number of rotatable bonds is 4. The Labute approximate surface area is 172 Å². The standard InChI is InChI=1S/C23H34O6/c1-22-8-7-17-20(16(22)5-3-12(22)4-6-19(26)27)15(21(28)29)10-13-9-14(24)11-18(25)23(13,17)2/h12-13,15-18,20,25H,3-11H2,1-2H3,(H,26,27)(H,28,29)/t12-,13?,15+,16-,17-,18?,20-,22+,23-/m0/s1. The van der Waals surface area contributed by atoms with Crippen LogP contribution in [0.5, 0.6) is 0 Å². The first-order valence-electron chi connectivity index (χ1n) is 11.2. The van der Waals surface area contributed by atoms with Gasteiger partial charge in [-0.15, -0.1) is 0 Å². The molecule has 0 amide bonds. The summed E-state index contributed by atoms with van der Waals surface area (Å²) >= 11 is 0. The third-order valence-electron chi connectivity index (χ3n) is 9.85. The lowest BCUT2D eigenvalue weighted by Crippen LogP contribution is -2.62. The maximum absolute atomic E-state index is 12.3. The van der Waals surface area contributed by atoms with Crippen LogP contribution in [-0.4, -0.2) is 39.1 Å². The molecule has 0 heterocycles. The van der Waals surface area contributed by atoms with E-state index in [9.17, 15) is 24.6 Å². The summed E-state index contributed by atoms with van der Waals surface area (Å²) in [5.41, 5.74) is -0.423. The second-order valence-corrected chi connectivity index (χ2v) is 10.7. The van der Waals surface area contributed by atoms with Gasteiger partial charge in [0.25, 0.3) is 0 Å². The zero-order chi connectivity index (χ0) is 21.1. The lowest BCUT2D eigenvalue weighted by atomic mass is 9.42. The maximum atomic E-state index is 12.3. The molecule has 0 spiro atoms. The lowest BCUT2D eigenvalue weighted by Gasteiger charge is -2.63. The molecule has 4 rings (SSSR count). The van der Waals surface area contributed by atoms with Crippen molar-refractivity contribution in [3.63, 3.8) is 0 Å². The largest absolute Gasteiger partial charge is 0.481 e. The maximum Gasteiger partial charge on any atom is 0.306 e. The fraction of sp³-hybridized carbons (Fsp3) is 0.870. The molecule has 3 N–H and O–H groups in total. The Balaban J connectivity index is 1.68. The van der Waals surface area contributed by atoms with E-state index in [1.165, 1.54) is 0 Å². The van der Waals surface area contributed by atoms with Crippen LogP contribution in [0.1, 0.15) is 71.6 Å². The molecule has 162 valence electrons. The van der Waals surface area contributed by atoms with Gasteiger partial charge in [-0.2, -0.15) is 0 Å². The Morgan fingerprint density at radius 1 is 1.07 bits per heavy atom. The number of carbonyl (C=O) groups is 3. The van der Waals surface area contributed by atoms with E-state index in [-0.39, 0.29) is 47.7 Å². The second-order valence-electron chi connectivity index (χ2n) is 10.7. The molecule has 0 bridgehead atoms. The average Bonchev–Trinajstić information content (AvgIpc) is 2.97. The Morgan fingerprint density at radius 3 is 2.45 bits per heavy atom. The highest BCUT2D eigenvalue weighted by atomic mass is 16.4. The highest BCUT2D eigenvalue weighted by Crippen LogP contribution is 2.68. The first-order valence-corrected chi connectivity index (χ1v) is 11.2. The van der Waals surface area contributed by atoms with E-state index >= 15 is 0 Å². The summed E-state index contributed by atoms with van der Waals surface area (Å²) in [5, 5.41) is 30.2. The lowest BCUT2D eigenvalue weighted by molar-refractivity contribution is -0.194. The number of hydrogen-bond acceptors (Lipinski definition) is 4. The van der Waals surface area contributed by atoms with E-state index in [2.05, 4.69) is 13.8 Å². The van der Waals surface area contributed by atoms with E-state index in [1.54, 1.807) is 0 Å². The van der Waals surface area contributed by atoms with Crippen molar-refractivity contribution in [2.75, 3.05) is 0 Å². The van der Waals surface area contributed by atoms with Crippen molar-refractivity contribution < 1.29 is 29.7 Å². The molecule has 0 aliphatic heterocycles. The summed E-state index contributed by atoms with van der Waals surface area (Å²) in [6.45, 7) is 4.35. The van der Waals surface area contributed by atoms with E-state index < -0.39 is 29.4 Å². The van der Waals surface area contributed by atoms with Gasteiger partial charge in [-0.25, -0.2) is 0 Å². The smallest absolute Gasteiger partial charge is 0.306 e. The number of aliphatic hydroxyl groups is 1. The van der Waals surface area contributed by atoms with Crippen LogP contribution >= 0.6 is 0 Å². The van der Waals surface area contributed by atoms with Crippen molar-refractivity contribution in [1.82, 2.24) is 0 Å². The van der Waals surface area contributed by atoms with Crippen LogP contribution in [0.15, 0.2) is 0 Å². The van der Waals surface area contributed by atoms with Crippen LogP contribution in [0, 0.1) is 46.3 Å². The summed E-state index contributed by atoms with van der Waals surface area (Å²) in [6.07, 6.45) is 4.93. The minimum absolute atomic E-state index is 0.00480. The molecule has 9 atom stereocenters. The fourth-order valence-corrected chi connectivity index (χ4v) is 8.26. The van der Waals surface area contributed by atoms with Crippen molar-refractivity contribution in [1.29, 1.82) is 0 Å². The molecular weight excluding hydrogens is 372 g/mol. The molecule has 0 saturated heterocycles. The summed E-state index contributed by atoms with van der Waals surface area (Å²) in [6, 6.07) is 0. The van der Waals surface area contributed by atoms with Crippen molar-refractivity contribution >= 4 is 17.7 Å². The monoisotopic (exact) mass is 406 g/mol. The van der Waals surface area contributed by atoms with Crippen molar-refractivity contribution in [2.24, 2.45) is 46.3 Å². The molecule has 4 saturated carbocycles. The highest BCUT2D eigenvalue weighted by molar-refractivity contribution is 5.81. The van der Waals surface area contributed by atoms with Gasteiger partial charge in [0.15, 0.2) is 0 Å². The number of ketones is 1. The van der Waals surface area contributed by atoms with Gasteiger partial charge >= 0.3 is 11.9 Å². The fourth-order valence-electron chi connectivity index (χ4n) is 8.26. The predicted octanol–water partition coefficient (Wildman–Crippen LogP) is 3.36. The summed E-state index contributed by atoms with van der Waals surface area (Å²) in [5.74, 6) is -1.32. The molecule has 4 aliphatic carbocycles. The van der Waals surface area contributed by atoms with Gasteiger partial charge in [-0.3, -0.25) is 14.4 Å². The number of aliphatic carboxylic acids is 2. The number of hydrogen-bond donors (Lipinski definition) is 3. The third-order valence-corrected chi connectivity index (χ3v) is 9.85. The van der Waals surface area contributed by atoms with Crippen molar-refractivity contribution in [3.8, 4) is 0 Å². The minimum atomic E-state index is -0.771. The Kier molecular flexibility index (Phi) is 5.08. The zero-order valence-electron chi connectivity index (χ0n) is 17.5. The van der Waals surface area contributed by atoms with Crippen LogP contribution in [0.25, 0.3) is 0 Å². The summed E-state index contributed by atoms with van der Waals surface area (Å²) in [4.78, 5) is 35.6. The van der Waals surface area contributed by atoms with Crippen LogP contribution in [0.4, 0.5) is 0 Å². The van der Waals surface area contributed by atoms with Crippen molar-refractivity contribution in [3.05, 3.63) is 0 Å². The first-order chi connectivity index (χ1) is 13.6. The molecule has 6 nitrogen and oxygen atoms in total. The van der Waals surface area contributed by atoms with Gasteiger partial charge in [0, 0.05) is 24.7 Å². The van der Waals surface area contributed by atoms with Gasteiger partial charge in [-0.05, 0) is 73.5 Å². The van der Waals surface area contributed by atoms with Crippen LogP contribution < -0.4 is 0 Å². The highest BCUT2D eigenvalue weighted by Gasteiger charge is 2.65. The molecule has 4 aliphatic rings. The Hall–Kier alpha value is -1.43. The molecule has 2 unspecified atom stereocenters. The normalized spacial score (nSPS) is 49.1. The SMILES string of the molecule is C[C@]12C(O)CC(=O)CC1C[C@@H](C(=O)O)[C@@H]1[C@@H]2CC[C@]2(C)[C@H](CCC(=O)O)CC[C@@H]12. The average molecular weight is 407 g/mol. The molecule has 0 aromatic heterocycles. The quantitative estimate of drug-likeness (QED) is 0.660. The minimum Gasteiger partial charge on any atom is -0.481 e. The number of carbonyl (C=O) groups excluding carboxylic acids is 1. The number of carboxylic acids is 2. The van der Waals surface area contributed by atoms with Crippen molar-refractivity contribution in [2.45, 2.75) is 77.7 Å². The zero-order valence-corrected chi connectivity index (χ0v) is 17.5. The molecule has 6 heteroatoms. The topological polar surface area (TPSA) is 112 Å². The number of Topliss-reactive ketones (excluding diaryl/α,β-unsaturated/α-hetero) is 1. The molecule has 4 fully saturated rings. The van der Waals surface area contributed by atoms with Gasteiger partial charge in [0.05, 0.1) is 12.0 Å². The number of fused-ring (bicyclic) bond motifs is 5. The third kappa shape index (κ3) is 3.05. The predicted molar refractivity (Wildman–Crippen MR) is 105 cm³/mol. The number of carboxylic acid groups (broad SMARTS) is 2. The first kappa shape index (κ1) is 20.8. The van der Waals surface area contributed by atoms with E-state index in [0.717, 1.165) is 25.7 Å². The second kappa shape index (κ2) is 7.07. The van der Waals surface area contributed by atoms with E-state index in [0.29, 0.717) is 25.2 Å². The van der Waals surface area contributed by atoms with Crippen LogP contribution in [-0.2, 0) is 14.4 Å². The van der Waals surface area contributed by atoms with Crippen LogP contribution in [0.3, 0.4) is 0 Å². The van der Waals surface area contributed by atoms with Gasteiger partial charge < -0.3 is 15.3 Å². The number of aliphatic hydroxyl groups excluding tert-OH is 1. The van der Waals surface area contributed by atoms with Gasteiger partial charge in [0.2, 0.25) is 0 Å². The molecular formula is C23H34O6. The van der Waals surface area contributed by atoms with E-state index in [1.807, 2.05) is 0 Å². The molecule has 29 heavy (non-hydrogen) atoms. The summed E-state index contributed by atoms with van der Waals surface area (Å²) < 4.78 is 0. The molecule has 0 aromatic rings. The Bertz CT molecular complexity index is 718. The molecule has 0 radical (unpaired) electrons. The Morgan fingerprint density at radius 2 is 1.79 bits per heavy atom. The van der Waals surface area contributed by atoms with Crippen LogP contribution in [0.2, 0.25) is 0 Å². The van der Waals surface area contributed by atoms with Gasteiger partial charge in [0.1, 0.15) is 5.78 Å². The van der Waals surface area contributed by atoms with Gasteiger partial charge in [-0.1, -0.05) is 13.8 Å². The molecule has 0 aromatic carbocycles. The summed E-state index contributed by atoms with van der Waals surface area (Å²) in [7, 11) is 0. The van der Waals surface area contributed by atoms with E-state index in [4.69, 9.17) is 5.11 Å².